The molecule has 4 rings (SSSR count). The van der Waals surface area contributed by atoms with Crippen LogP contribution in [0.25, 0.3) is 11.4 Å². The fourth-order valence-electron chi connectivity index (χ4n) is 4.01. The van der Waals surface area contributed by atoms with Crippen LogP contribution in [0.4, 0.5) is 0 Å². The van der Waals surface area contributed by atoms with E-state index in [-0.39, 0.29) is 11.7 Å². The Hall–Kier alpha value is -2.45. The number of carbonyl (C=O) groups is 1. The molecule has 0 atom stereocenters. The van der Waals surface area contributed by atoms with E-state index in [4.69, 9.17) is 0 Å². The summed E-state index contributed by atoms with van der Waals surface area (Å²) in [7, 11) is 0. The van der Waals surface area contributed by atoms with Crippen molar-refractivity contribution in [2.75, 3.05) is 5.75 Å². The van der Waals surface area contributed by atoms with Crippen molar-refractivity contribution in [1.29, 1.82) is 0 Å². The molecule has 1 aliphatic rings. The first kappa shape index (κ1) is 23.7. The molecule has 1 N–H and O–H groups in total. The molecule has 0 unspecified atom stereocenters. The van der Waals surface area contributed by atoms with Crippen LogP contribution in [0.1, 0.15) is 56.2 Å². The van der Waals surface area contributed by atoms with Gasteiger partial charge >= 0.3 is 0 Å². The van der Waals surface area contributed by atoms with Gasteiger partial charge in [-0.2, -0.15) is 5.10 Å². The van der Waals surface area contributed by atoms with Gasteiger partial charge in [-0.05, 0) is 44.4 Å². The molecule has 1 saturated carbocycles. The average molecular weight is 527 g/mol. The molecule has 2 aromatic carbocycles. The molecule has 172 valence electrons. The predicted octanol–water partition coefficient (Wildman–Crippen LogP) is 6.15. The van der Waals surface area contributed by atoms with Crippen molar-refractivity contribution in [3.05, 3.63) is 64.1 Å². The first-order valence-electron chi connectivity index (χ1n) is 11.2. The fourth-order valence-corrected chi connectivity index (χ4v) is 5.07. The number of thioether (sulfide) groups is 1. The van der Waals surface area contributed by atoms with E-state index in [1.807, 2.05) is 31.2 Å². The third kappa shape index (κ3) is 6.12. The van der Waals surface area contributed by atoms with Crippen molar-refractivity contribution in [2.24, 2.45) is 5.10 Å². The van der Waals surface area contributed by atoms with Crippen LogP contribution in [-0.2, 0) is 4.79 Å². The van der Waals surface area contributed by atoms with Gasteiger partial charge in [0.1, 0.15) is 0 Å². The summed E-state index contributed by atoms with van der Waals surface area (Å²) in [6.45, 7) is 3.96. The van der Waals surface area contributed by atoms with E-state index in [0.717, 1.165) is 45.1 Å². The SMILES string of the molecule is CC(=NNC(=O)CSc1nnc(-c2ccc(C)cc2)n1C1CCCCC1)c1ccc(Br)cc1. The zero-order chi connectivity index (χ0) is 23.2. The molecule has 0 radical (unpaired) electrons. The van der Waals surface area contributed by atoms with Crippen LogP contribution < -0.4 is 5.43 Å². The van der Waals surface area contributed by atoms with E-state index in [1.54, 1.807) is 0 Å². The lowest BCUT2D eigenvalue weighted by Crippen LogP contribution is -2.22. The van der Waals surface area contributed by atoms with Gasteiger partial charge in [-0.1, -0.05) is 88.9 Å². The highest BCUT2D eigenvalue weighted by atomic mass is 79.9. The number of rotatable bonds is 7. The van der Waals surface area contributed by atoms with Gasteiger partial charge in [0.2, 0.25) is 0 Å². The number of hydrogen-bond donors (Lipinski definition) is 1. The van der Waals surface area contributed by atoms with Crippen LogP contribution in [0, 0.1) is 6.92 Å². The number of nitrogens with zero attached hydrogens (tertiary/aromatic N) is 4. The van der Waals surface area contributed by atoms with Gasteiger partial charge in [-0.3, -0.25) is 9.36 Å². The molecule has 0 saturated heterocycles. The Balaban J connectivity index is 1.47. The van der Waals surface area contributed by atoms with Gasteiger partial charge < -0.3 is 0 Å². The smallest absolute Gasteiger partial charge is 0.250 e. The lowest BCUT2D eigenvalue weighted by Gasteiger charge is -2.25. The maximum Gasteiger partial charge on any atom is 0.250 e. The van der Waals surface area contributed by atoms with E-state index in [2.05, 4.69) is 72.4 Å². The van der Waals surface area contributed by atoms with Crippen molar-refractivity contribution in [1.82, 2.24) is 20.2 Å². The predicted molar refractivity (Wildman–Crippen MR) is 138 cm³/mol. The number of carbonyl (C=O) groups excluding carboxylic acids is 1. The number of hydrogen-bond acceptors (Lipinski definition) is 5. The molecule has 1 aromatic heterocycles. The average Bonchev–Trinajstić information content (AvgIpc) is 3.26. The molecule has 1 fully saturated rings. The molecule has 33 heavy (non-hydrogen) atoms. The molecule has 1 aliphatic carbocycles. The first-order chi connectivity index (χ1) is 16.0. The van der Waals surface area contributed by atoms with Crippen LogP contribution in [0.5, 0.6) is 0 Å². The Morgan fingerprint density at radius 1 is 1.09 bits per heavy atom. The number of aryl methyl sites for hydroxylation is 1. The number of aromatic nitrogens is 3. The van der Waals surface area contributed by atoms with Gasteiger partial charge in [0.05, 0.1) is 11.5 Å². The molecule has 0 spiro atoms. The number of halogens is 1. The molecule has 0 aliphatic heterocycles. The quantitative estimate of drug-likeness (QED) is 0.228. The Labute approximate surface area is 207 Å². The van der Waals surface area contributed by atoms with Crippen LogP contribution in [0.3, 0.4) is 0 Å². The Morgan fingerprint density at radius 3 is 2.48 bits per heavy atom. The van der Waals surface area contributed by atoms with Gasteiger partial charge in [0, 0.05) is 16.1 Å². The minimum atomic E-state index is -0.161. The number of hydrazone groups is 1. The molecular formula is C25H28BrN5OS. The van der Waals surface area contributed by atoms with Crippen molar-refractivity contribution in [3.8, 4) is 11.4 Å². The molecule has 3 aromatic rings. The summed E-state index contributed by atoms with van der Waals surface area (Å²) in [5.74, 6) is 0.955. The monoisotopic (exact) mass is 525 g/mol. The first-order valence-corrected chi connectivity index (χ1v) is 13.0. The van der Waals surface area contributed by atoms with Crippen molar-refractivity contribution in [3.63, 3.8) is 0 Å². The summed E-state index contributed by atoms with van der Waals surface area (Å²) < 4.78 is 3.25. The van der Waals surface area contributed by atoms with Crippen molar-refractivity contribution in [2.45, 2.75) is 57.1 Å². The minimum absolute atomic E-state index is 0.161. The lowest BCUT2D eigenvalue weighted by molar-refractivity contribution is -0.118. The molecule has 8 heteroatoms. The summed E-state index contributed by atoms with van der Waals surface area (Å²) in [4.78, 5) is 12.5. The van der Waals surface area contributed by atoms with Crippen molar-refractivity contribution < 1.29 is 4.79 Å². The second-order valence-electron chi connectivity index (χ2n) is 8.36. The molecule has 6 nitrogen and oxygen atoms in total. The maximum absolute atomic E-state index is 12.5. The molecule has 1 amide bonds. The fraction of sp³-hybridized carbons (Fsp3) is 0.360. The van der Waals surface area contributed by atoms with Crippen LogP contribution in [-0.4, -0.2) is 32.1 Å². The molecule has 0 bridgehead atoms. The van der Waals surface area contributed by atoms with E-state index in [9.17, 15) is 4.79 Å². The van der Waals surface area contributed by atoms with Gasteiger partial charge in [0.15, 0.2) is 11.0 Å². The van der Waals surface area contributed by atoms with E-state index in [1.165, 1.54) is 36.6 Å². The summed E-state index contributed by atoms with van der Waals surface area (Å²) in [5, 5.41) is 14.0. The van der Waals surface area contributed by atoms with Crippen LogP contribution in [0.2, 0.25) is 0 Å². The summed E-state index contributed by atoms with van der Waals surface area (Å²) in [6, 6.07) is 16.6. The Morgan fingerprint density at radius 2 is 1.79 bits per heavy atom. The number of amides is 1. The van der Waals surface area contributed by atoms with Gasteiger partial charge in [-0.15, -0.1) is 10.2 Å². The van der Waals surface area contributed by atoms with Gasteiger partial charge in [0.25, 0.3) is 5.91 Å². The van der Waals surface area contributed by atoms with Crippen LogP contribution >= 0.6 is 27.7 Å². The molecule has 1 heterocycles. The zero-order valence-electron chi connectivity index (χ0n) is 18.9. The topological polar surface area (TPSA) is 72.2 Å². The van der Waals surface area contributed by atoms with Gasteiger partial charge in [-0.25, -0.2) is 5.43 Å². The van der Waals surface area contributed by atoms with E-state index < -0.39 is 0 Å². The van der Waals surface area contributed by atoms with Crippen molar-refractivity contribution >= 4 is 39.3 Å². The van der Waals surface area contributed by atoms with E-state index >= 15 is 0 Å². The summed E-state index contributed by atoms with van der Waals surface area (Å²) in [5.41, 5.74) is 6.67. The van der Waals surface area contributed by atoms with E-state index in [0.29, 0.717) is 6.04 Å². The Kier molecular flexibility index (Phi) is 7.98. The second-order valence-corrected chi connectivity index (χ2v) is 10.2. The van der Waals surface area contributed by atoms with Crippen LogP contribution in [0.15, 0.2) is 63.3 Å². The highest BCUT2D eigenvalue weighted by Crippen LogP contribution is 2.35. The largest absolute Gasteiger partial charge is 0.299 e. The Bertz CT molecular complexity index is 1120. The standard InChI is InChI=1S/C25H28BrN5OS/c1-17-8-10-20(11-9-17)24-29-30-25(31(24)22-6-4-3-5-7-22)33-16-23(32)28-27-18(2)19-12-14-21(26)15-13-19/h8-15,22H,3-7,16H2,1-2H3,(H,28,32). The number of nitrogens with one attached hydrogen (secondary N) is 1. The summed E-state index contributed by atoms with van der Waals surface area (Å²) in [6.07, 6.45) is 5.94. The second kappa shape index (κ2) is 11.1. The summed E-state index contributed by atoms with van der Waals surface area (Å²) >= 11 is 4.85. The zero-order valence-corrected chi connectivity index (χ0v) is 21.3. The highest BCUT2D eigenvalue weighted by molar-refractivity contribution is 9.10. The minimum Gasteiger partial charge on any atom is -0.299 e. The molecular weight excluding hydrogens is 498 g/mol. The normalized spacial score (nSPS) is 14.9. The number of benzene rings is 2. The maximum atomic E-state index is 12.5. The lowest BCUT2D eigenvalue weighted by atomic mass is 9.95. The highest BCUT2D eigenvalue weighted by Gasteiger charge is 2.24. The third-order valence-electron chi connectivity index (χ3n) is 5.86. The third-order valence-corrected chi connectivity index (χ3v) is 7.33.